The molecule has 2 aromatic rings. The minimum Gasteiger partial charge on any atom is -0.358 e. The van der Waals surface area contributed by atoms with Gasteiger partial charge in [-0.3, -0.25) is 4.79 Å². The van der Waals surface area contributed by atoms with E-state index in [1.54, 1.807) is 0 Å². The third-order valence-electron chi connectivity index (χ3n) is 4.76. The average molecular weight is 321 g/mol. The molecule has 0 saturated heterocycles. The molecule has 0 radical (unpaired) electrons. The maximum absolute atomic E-state index is 11.7. The van der Waals surface area contributed by atoms with Crippen LogP contribution in [0.4, 0.5) is 5.13 Å². The highest BCUT2D eigenvalue weighted by atomic mass is 32.1. The first-order valence-electron chi connectivity index (χ1n) is 7.76. The van der Waals surface area contributed by atoms with Crippen LogP contribution in [0, 0.1) is 5.92 Å². The van der Waals surface area contributed by atoms with Gasteiger partial charge in [0.25, 0.3) is 5.56 Å². The van der Waals surface area contributed by atoms with Gasteiger partial charge in [0.2, 0.25) is 10.1 Å². The molecule has 7 heteroatoms. The summed E-state index contributed by atoms with van der Waals surface area (Å²) in [5, 5.41) is 8.54. The van der Waals surface area contributed by atoms with E-state index in [-0.39, 0.29) is 11.1 Å². The zero-order chi connectivity index (χ0) is 15.7. The van der Waals surface area contributed by atoms with Crippen LogP contribution in [0.3, 0.4) is 0 Å². The van der Waals surface area contributed by atoms with Gasteiger partial charge in [0.1, 0.15) is 0 Å². The highest BCUT2D eigenvalue weighted by Crippen LogP contribution is 2.36. The number of aromatic nitrogens is 3. The van der Waals surface area contributed by atoms with Crippen LogP contribution in [0.2, 0.25) is 0 Å². The zero-order valence-electron chi connectivity index (χ0n) is 13.4. The predicted octanol–water partition coefficient (Wildman–Crippen LogP) is 2.07. The van der Waals surface area contributed by atoms with Crippen LogP contribution in [-0.4, -0.2) is 45.7 Å². The van der Waals surface area contributed by atoms with Crippen LogP contribution in [0.25, 0.3) is 4.96 Å². The normalized spacial score (nSPS) is 25.7. The number of hydrogen-bond donors (Lipinski definition) is 1. The number of nitrogens with zero attached hydrogens (tertiary/aromatic N) is 4. The molecule has 2 atom stereocenters. The molecule has 2 heterocycles. The van der Waals surface area contributed by atoms with Gasteiger partial charge in [0.05, 0.1) is 0 Å². The van der Waals surface area contributed by atoms with Crippen molar-refractivity contribution in [1.29, 1.82) is 0 Å². The lowest BCUT2D eigenvalue weighted by Gasteiger charge is -2.45. The van der Waals surface area contributed by atoms with Gasteiger partial charge in [-0.2, -0.15) is 4.52 Å². The standard InChI is InChI=1S/C15H23N5OS/c1-11-5-4-7-15(9-11,19(2)3)10-17-13-18-20-12(21)6-8-16-14(20)22-13/h6,8,11H,4-5,7,9-10H2,1-3H3,(H,17,18). The van der Waals surface area contributed by atoms with Crippen LogP contribution in [-0.2, 0) is 0 Å². The number of nitrogens with one attached hydrogen (secondary N) is 1. The van der Waals surface area contributed by atoms with Gasteiger partial charge in [0.15, 0.2) is 0 Å². The topological polar surface area (TPSA) is 62.5 Å². The van der Waals surface area contributed by atoms with Crippen molar-refractivity contribution in [1.82, 2.24) is 19.5 Å². The Hall–Kier alpha value is -1.47. The van der Waals surface area contributed by atoms with Gasteiger partial charge in [-0.05, 0) is 32.9 Å². The third-order valence-corrected chi connectivity index (χ3v) is 5.64. The summed E-state index contributed by atoms with van der Waals surface area (Å²) in [6.07, 6.45) is 6.50. The molecule has 1 aliphatic rings. The molecular weight excluding hydrogens is 298 g/mol. The Balaban J connectivity index is 1.79. The molecule has 0 aliphatic heterocycles. The molecule has 1 saturated carbocycles. The van der Waals surface area contributed by atoms with E-state index in [0.29, 0.717) is 4.96 Å². The van der Waals surface area contributed by atoms with Crippen molar-refractivity contribution in [2.24, 2.45) is 5.92 Å². The summed E-state index contributed by atoms with van der Waals surface area (Å²) in [6.45, 7) is 3.18. The average Bonchev–Trinajstić information content (AvgIpc) is 2.90. The molecule has 1 aliphatic carbocycles. The lowest BCUT2D eigenvalue weighted by Crippen LogP contribution is -2.52. The third kappa shape index (κ3) is 2.87. The largest absolute Gasteiger partial charge is 0.358 e. The summed E-state index contributed by atoms with van der Waals surface area (Å²) in [4.78, 5) is 18.9. The molecule has 22 heavy (non-hydrogen) atoms. The van der Waals surface area contributed by atoms with Gasteiger partial charge in [-0.1, -0.05) is 31.1 Å². The van der Waals surface area contributed by atoms with Crippen LogP contribution >= 0.6 is 11.3 Å². The van der Waals surface area contributed by atoms with E-state index in [4.69, 9.17) is 0 Å². The number of likely N-dealkylation sites (N-methyl/N-ethyl adjacent to an activating group) is 1. The van der Waals surface area contributed by atoms with Crippen LogP contribution < -0.4 is 10.9 Å². The molecule has 3 rings (SSSR count). The van der Waals surface area contributed by atoms with Gasteiger partial charge >= 0.3 is 0 Å². The van der Waals surface area contributed by atoms with Gasteiger partial charge < -0.3 is 10.2 Å². The molecule has 6 nitrogen and oxygen atoms in total. The molecule has 1 fully saturated rings. The van der Waals surface area contributed by atoms with Gasteiger partial charge in [-0.25, -0.2) is 4.98 Å². The minimum absolute atomic E-state index is 0.136. The van der Waals surface area contributed by atoms with E-state index in [2.05, 4.69) is 41.3 Å². The van der Waals surface area contributed by atoms with Crippen molar-refractivity contribution in [3.05, 3.63) is 22.6 Å². The molecule has 0 spiro atoms. The predicted molar refractivity (Wildman–Crippen MR) is 89.7 cm³/mol. The van der Waals surface area contributed by atoms with Gasteiger partial charge in [0, 0.05) is 24.3 Å². The van der Waals surface area contributed by atoms with Crippen LogP contribution in [0.15, 0.2) is 17.1 Å². The summed E-state index contributed by atoms with van der Waals surface area (Å²) in [6, 6.07) is 1.43. The Kier molecular flexibility index (Phi) is 4.18. The van der Waals surface area contributed by atoms with Crippen molar-refractivity contribution in [2.75, 3.05) is 26.0 Å². The highest BCUT2D eigenvalue weighted by molar-refractivity contribution is 7.20. The van der Waals surface area contributed by atoms with Crippen LogP contribution in [0.1, 0.15) is 32.6 Å². The van der Waals surface area contributed by atoms with Crippen molar-refractivity contribution < 1.29 is 0 Å². The number of anilines is 1. The van der Waals surface area contributed by atoms with E-state index in [1.807, 2.05) is 0 Å². The SMILES string of the molecule is CC1CCCC(CNc2nn3c(=O)ccnc3s2)(N(C)C)C1. The Labute approximate surface area is 134 Å². The Morgan fingerprint density at radius 1 is 1.55 bits per heavy atom. The lowest BCUT2D eigenvalue weighted by molar-refractivity contribution is 0.0882. The first kappa shape index (κ1) is 15.4. The molecule has 120 valence electrons. The van der Waals surface area contributed by atoms with Crippen molar-refractivity contribution in [3.63, 3.8) is 0 Å². The molecule has 0 aromatic carbocycles. The maximum atomic E-state index is 11.7. The summed E-state index contributed by atoms with van der Waals surface area (Å²) in [5.74, 6) is 0.748. The second-order valence-electron chi connectivity index (χ2n) is 6.56. The Bertz CT molecular complexity index is 709. The molecular formula is C15H23N5OS. The lowest BCUT2D eigenvalue weighted by atomic mass is 9.75. The summed E-state index contributed by atoms with van der Waals surface area (Å²) in [5.41, 5.74) is 0.0244. The van der Waals surface area contributed by atoms with Crippen molar-refractivity contribution in [2.45, 2.75) is 38.1 Å². The molecule has 2 aromatic heterocycles. The molecule has 2 unspecified atom stereocenters. The van der Waals surface area contributed by atoms with Crippen LogP contribution in [0.5, 0.6) is 0 Å². The fraction of sp³-hybridized carbons (Fsp3) is 0.667. The molecule has 0 bridgehead atoms. The fourth-order valence-electron chi connectivity index (χ4n) is 3.41. The molecule has 0 amide bonds. The maximum Gasteiger partial charge on any atom is 0.275 e. The number of hydrogen-bond acceptors (Lipinski definition) is 6. The summed E-state index contributed by atoms with van der Waals surface area (Å²) < 4.78 is 1.36. The van der Waals surface area contributed by atoms with Gasteiger partial charge in [-0.15, -0.1) is 5.10 Å². The second kappa shape index (κ2) is 5.96. The van der Waals surface area contributed by atoms with E-state index in [1.165, 1.54) is 53.8 Å². The van der Waals surface area contributed by atoms with E-state index >= 15 is 0 Å². The fourth-order valence-corrected chi connectivity index (χ4v) is 4.18. The highest BCUT2D eigenvalue weighted by Gasteiger charge is 2.36. The monoisotopic (exact) mass is 321 g/mol. The zero-order valence-corrected chi connectivity index (χ0v) is 14.2. The smallest absolute Gasteiger partial charge is 0.275 e. The minimum atomic E-state index is -0.136. The summed E-state index contributed by atoms with van der Waals surface area (Å²) >= 11 is 1.42. The van der Waals surface area contributed by atoms with Crippen molar-refractivity contribution >= 4 is 21.4 Å². The van der Waals surface area contributed by atoms with E-state index in [9.17, 15) is 4.79 Å². The Morgan fingerprint density at radius 2 is 2.36 bits per heavy atom. The first-order valence-corrected chi connectivity index (χ1v) is 8.58. The van der Waals surface area contributed by atoms with Crippen molar-refractivity contribution in [3.8, 4) is 0 Å². The second-order valence-corrected chi connectivity index (χ2v) is 7.51. The Morgan fingerprint density at radius 3 is 3.05 bits per heavy atom. The number of fused-ring (bicyclic) bond motifs is 1. The first-order chi connectivity index (χ1) is 10.5. The van der Waals surface area contributed by atoms with E-state index < -0.39 is 0 Å². The van der Waals surface area contributed by atoms with E-state index in [0.717, 1.165) is 17.6 Å². The quantitative estimate of drug-likeness (QED) is 0.934. The summed E-state index contributed by atoms with van der Waals surface area (Å²) in [7, 11) is 4.31. The number of rotatable bonds is 4. The molecule has 1 N–H and O–H groups in total.